The standard InChI is InChI=1S/C15H18ClN3/c16-10-4-7-13-11-19(18-17-13)15-9-3-6-12-5-1-2-8-14(12)15/h3,6,9,11H,1-2,4-5,7-8,10H2. The molecule has 100 valence electrons. The van der Waals surface area contributed by atoms with Crippen molar-refractivity contribution in [3.05, 3.63) is 41.2 Å². The van der Waals surface area contributed by atoms with Crippen LogP contribution in [0.5, 0.6) is 0 Å². The van der Waals surface area contributed by atoms with Crippen LogP contribution in [0.4, 0.5) is 0 Å². The number of aromatic nitrogens is 3. The van der Waals surface area contributed by atoms with E-state index in [1.54, 1.807) is 0 Å². The summed E-state index contributed by atoms with van der Waals surface area (Å²) in [6, 6.07) is 6.51. The Labute approximate surface area is 118 Å². The van der Waals surface area contributed by atoms with E-state index in [0.717, 1.165) is 25.0 Å². The van der Waals surface area contributed by atoms with Gasteiger partial charge in [-0.25, -0.2) is 4.68 Å². The van der Waals surface area contributed by atoms with Crippen LogP contribution in [0.25, 0.3) is 5.69 Å². The molecule has 0 N–H and O–H groups in total. The molecular weight excluding hydrogens is 258 g/mol. The molecule has 1 heterocycles. The highest BCUT2D eigenvalue weighted by Crippen LogP contribution is 2.26. The number of aryl methyl sites for hydroxylation is 2. The van der Waals surface area contributed by atoms with Gasteiger partial charge in [0.05, 0.1) is 17.6 Å². The fraction of sp³-hybridized carbons (Fsp3) is 0.467. The molecule has 19 heavy (non-hydrogen) atoms. The number of hydrogen-bond donors (Lipinski definition) is 0. The average Bonchev–Trinajstić information content (AvgIpc) is 2.93. The lowest BCUT2D eigenvalue weighted by atomic mass is 9.90. The van der Waals surface area contributed by atoms with Crippen molar-refractivity contribution >= 4 is 11.6 Å². The molecule has 0 radical (unpaired) electrons. The highest BCUT2D eigenvalue weighted by molar-refractivity contribution is 6.17. The van der Waals surface area contributed by atoms with Crippen molar-refractivity contribution in [3.8, 4) is 5.69 Å². The van der Waals surface area contributed by atoms with E-state index in [1.165, 1.54) is 36.1 Å². The predicted octanol–water partition coefficient (Wildman–Crippen LogP) is 3.32. The molecule has 0 saturated heterocycles. The van der Waals surface area contributed by atoms with Crippen LogP contribution in [-0.2, 0) is 19.3 Å². The first kappa shape index (κ1) is 12.7. The maximum atomic E-state index is 5.72. The van der Waals surface area contributed by atoms with E-state index >= 15 is 0 Å². The van der Waals surface area contributed by atoms with Crippen LogP contribution in [0.1, 0.15) is 36.1 Å². The smallest absolute Gasteiger partial charge is 0.0832 e. The molecule has 0 aliphatic heterocycles. The molecule has 3 nitrogen and oxygen atoms in total. The molecule has 1 aliphatic carbocycles. The van der Waals surface area contributed by atoms with Gasteiger partial charge in [-0.1, -0.05) is 17.3 Å². The predicted molar refractivity (Wildman–Crippen MR) is 77.0 cm³/mol. The van der Waals surface area contributed by atoms with E-state index in [4.69, 9.17) is 11.6 Å². The summed E-state index contributed by atoms with van der Waals surface area (Å²) in [5, 5.41) is 8.50. The largest absolute Gasteiger partial charge is 0.220 e. The van der Waals surface area contributed by atoms with Crippen LogP contribution in [-0.4, -0.2) is 20.9 Å². The summed E-state index contributed by atoms with van der Waals surface area (Å²) in [5.74, 6) is 0.674. The Morgan fingerprint density at radius 1 is 1.21 bits per heavy atom. The van der Waals surface area contributed by atoms with Gasteiger partial charge in [0.25, 0.3) is 0 Å². The van der Waals surface area contributed by atoms with Crippen molar-refractivity contribution in [3.63, 3.8) is 0 Å². The van der Waals surface area contributed by atoms with Gasteiger partial charge in [0.15, 0.2) is 0 Å². The van der Waals surface area contributed by atoms with Gasteiger partial charge in [-0.2, -0.15) is 0 Å². The van der Waals surface area contributed by atoms with Crippen molar-refractivity contribution in [1.82, 2.24) is 15.0 Å². The zero-order chi connectivity index (χ0) is 13.1. The van der Waals surface area contributed by atoms with Crippen LogP contribution in [0.2, 0.25) is 0 Å². The Morgan fingerprint density at radius 3 is 3.00 bits per heavy atom. The quantitative estimate of drug-likeness (QED) is 0.802. The zero-order valence-corrected chi connectivity index (χ0v) is 11.7. The van der Waals surface area contributed by atoms with Gasteiger partial charge in [-0.15, -0.1) is 16.7 Å². The second-order valence-corrected chi connectivity index (χ2v) is 5.45. The number of nitrogens with zero attached hydrogens (tertiary/aromatic N) is 3. The van der Waals surface area contributed by atoms with E-state index in [1.807, 2.05) is 10.9 Å². The molecule has 0 fully saturated rings. The fourth-order valence-electron chi connectivity index (χ4n) is 2.75. The van der Waals surface area contributed by atoms with E-state index in [9.17, 15) is 0 Å². The third kappa shape index (κ3) is 2.66. The Bertz CT molecular complexity index is 562. The first-order valence-corrected chi connectivity index (χ1v) is 7.50. The molecule has 0 amide bonds. The first-order valence-electron chi connectivity index (χ1n) is 6.97. The molecule has 1 aliphatic rings. The van der Waals surface area contributed by atoms with Crippen molar-refractivity contribution in [2.24, 2.45) is 0 Å². The SMILES string of the molecule is ClCCCc1cn(-c2cccc3c2CCCC3)nn1. The van der Waals surface area contributed by atoms with Gasteiger partial charge in [-0.05, 0) is 55.7 Å². The lowest BCUT2D eigenvalue weighted by Gasteiger charge is -2.18. The van der Waals surface area contributed by atoms with Gasteiger partial charge in [-0.3, -0.25) is 0 Å². The summed E-state index contributed by atoms with van der Waals surface area (Å²) >= 11 is 5.72. The number of fused-ring (bicyclic) bond motifs is 1. The van der Waals surface area contributed by atoms with E-state index in [0.29, 0.717) is 5.88 Å². The van der Waals surface area contributed by atoms with E-state index in [2.05, 4.69) is 28.5 Å². The molecule has 2 aromatic rings. The molecule has 3 rings (SSSR count). The summed E-state index contributed by atoms with van der Waals surface area (Å²) in [4.78, 5) is 0. The fourth-order valence-corrected chi connectivity index (χ4v) is 2.89. The topological polar surface area (TPSA) is 30.7 Å². The van der Waals surface area contributed by atoms with E-state index < -0.39 is 0 Å². The molecule has 1 aromatic carbocycles. The van der Waals surface area contributed by atoms with E-state index in [-0.39, 0.29) is 0 Å². The molecule has 0 atom stereocenters. The number of rotatable bonds is 4. The van der Waals surface area contributed by atoms with Gasteiger partial charge < -0.3 is 0 Å². The molecule has 0 bridgehead atoms. The highest BCUT2D eigenvalue weighted by Gasteiger charge is 2.14. The lowest BCUT2D eigenvalue weighted by Crippen LogP contribution is -2.08. The minimum atomic E-state index is 0.674. The first-order chi connectivity index (χ1) is 9.38. The third-order valence-electron chi connectivity index (χ3n) is 3.73. The summed E-state index contributed by atoms with van der Waals surface area (Å²) < 4.78 is 1.92. The van der Waals surface area contributed by atoms with Crippen LogP contribution >= 0.6 is 11.6 Å². The normalized spacial score (nSPS) is 14.4. The average molecular weight is 276 g/mol. The van der Waals surface area contributed by atoms with Crippen LogP contribution in [0.3, 0.4) is 0 Å². The van der Waals surface area contributed by atoms with Crippen LogP contribution in [0, 0.1) is 0 Å². The number of halogens is 1. The monoisotopic (exact) mass is 275 g/mol. The van der Waals surface area contributed by atoms with Gasteiger partial charge in [0.2, 0.25) is 0 Å². The maximum Gasteiger partial charge on any atom is 0.0832 e. The van der Waals surface area contributed by atoms with Crippen molar-refractivity contribution < 1.29 is 0 Å². The zero-order valence-electron chi connectivity index (χ0n) is 11.0. The Hall–Kier alpha value is -1.35. The lowest BCUT2D eigenvalue weighted by molar-refractivity contribution is 0.673. The summed E-state index contributed by atoms with van der Waals surface area (Å²) in [6.45, 7) is 0. The Morgan fingerprint density at radius 2 is 2.11 bits per heavy atom. The number of alkyl halides is 1. The van der Waals surface area contributed by atoms with Gasteiger partial charge >= 0.3 is 0 Å². The molecule has 0 saturated carbocycles. The van der Waals surface area contributed by atoms with Crippen LogP contribution < -0.4 is 0 Å². The van der Waals surface area contributed by atoms with Gasteiger partial charge in [0, 0.05) is 5.88 Å². The van der Waals surface area contributed by atoms with Crippen molar-refractivity contribution in [2.75, 3.05) is 5.88 Å². The van der Waals surface area contributed by atoms with Crippen molar-refractivity contribution in [1.29, 1.82) is 0 Å². The highest BCUT2D eigenvalue weighted by atomic mass is 35.5. The number of hydrogen-bond acceptors (Lipinski definition) is 2. The molecule has 0 unspecified atom stereocenters. The Balaban J connectivity index is 1.91. The van der Waals surface area contributed by atoms with Crippen molar-refractivity contribution in [2.45, 2.75) is 38.5 Å². The Kier molecular flexibility index (Phi) is 3.83. The molecule has 4 heteroatoms. The van der Waals surface area contributed by atoms with Crippen LogP contribution in [0.15, 0.2) is 24.4 Å². The third-order valence-corrected chi connectivity index (χ3v) is 3.99. The summed E-state index contributed by atoms with van der Waals surface area (Å²) in [5.41, 5.74) is 5.14. The summed E-state index contributed by atoms with van der Waals surface area (Å²) in [6.07, 6.45) is 8.81. The second-order valence-electron chi connectivity index (χ2n) is 5.07. The summed E-state index contributed by atoms with van der Waals surface area (Å²) in [7, 11) is 0. The minimum Gasteiger partial charge on any atom is -0.220 e. The maximum absolute atomic E-state index is 5.72. The molecular formula is C15H18ClN3. The number of benzene rings is 1. The molecule has 0 spiro atoms. The second kappa shape index (κ2) is 5.74. The minimum absolute atomic E-state index is 0.674. The van der Waals surface area contributed by atoms with Gasteiger partial charge in [0.1, 0.15) is 0 Å². The molecule has 1 aromatic heterocycles.